The number of rotatable bonds is 4. The first-order valence-corrected chi connectivity index (χ1v) is 27.2. The molecule has 0 aliphatic heterocycles. The molecule has 0 amide bonds. The van der Waals surface area contributed by atoms with Gasteiger partial charge in [0.15, 0.2) is 17.5 Å². The van der Waals surface area contributed by atoms with Crippen LogP contribution in [-0.2, 0) is 16.2 Å². The van der Waals surface area contributed by atoms with Crippen LogP contribution in [0.5, 0.6) is 0 Å². The van der Waals surface area contributed by atoms with Crippen molar-refractivity contribution in [1.29, 1.82) is 0 Å². The number of hydrogen-bond donors (Lipinski definition) is 0. The molecule has 1 aromatic heterocycles. The van der Waals surface area contributed by atoms with Gasteiger partial charge in [0.1, 0.15) is 0 Å². The third-order valence-electron chi connectivity index (χ3n) is 19.4. The van der Waals surface area contributed by atoms with Crippen LogP contribution in [0.25, 0.3) is 78.7 Å². The van der Waals surface area contributed by atoms with Crippen LogP contribution in [0.1, 0.15) is 96.1 Å². The van der Waals surface area contributed by atoms with Crippen molar-refractivity contribution in [3.8, 4) is 78.7 Å². The van der Waals surface area contributed by atoms with E-state index in [-0.39, 0.29) is 16.2 Å². The second kappa shape index (κ2) is 16.0. The number of nitrogens with zero attached hydrogens (tertiary/aromatic N) is 3. The summed E-state index contributed by atoms with van der Waals surface area (Å²) in [5, 5.41) is 0. The van der Waals surface area contributed by atoms with Crippen molar-refractivity contribution in [3.63, 3.8) is 0 Å². The molecule has 3 nitrogen and oxygen atoms in total. The summed E-state index contributed by atoms with van der Waals surface area (Å²) >= 11 is 0. The van der Waals surface area contributed by atoms with Gasteiger partial charge in [-0.15, -0.1) is 0 Å². The molecule has 3 heteroatoms. The van der Waals surface area contributed by atoms with Crippen molar-refractivity contribution >= 4 is 0 Å². The van der Waals surface area contributed by atoms with Crippen LogP contribution in [-0.4, -0.2) is 15.0 Å². The van der Waals surface area contributed by atoms with Crippen LogP contribution >= 0.6 is 0 Å². The Hall–Kier alpha value is -8.01. The van der Waals surface area contributed by atoms with E-state index in [0.29, 0.717) is 41.1 Å². The smallest absolute Gasteiger partial charge is 0.164 e. The monoisotopic (exact) mass is 949 g/mol. The van der Waals surface area contributed by atoms with Gasteiger partial charge in [-0.3, -0.25) is 0 Å². The fraction of sp³-hybridized carbons (Fsp3) is 0.197. The Bertz CT molecular complexity index is 3820. The van der Waals surface area contributed by atoms with Gasteiger partial charge in [-0.25, -0.2) is 15.0 Å². The van der Waals surface area contributed by atoms with Crippen LogP contribution in [0, 0.1) is 5.92 Å². The molecule has 3 fully saturated rings. The molecular formula is C71H55N3. The predicted molar refractivity (Wildman–Crippen MR) is 300 cm³/mol. The van der Waals surface area contributed by atoms with Crippen molar-refractivity contribution in [2.75, 3.05) is 0 Å². The van der Waals surface area contributed by atoms with Gasteiger partial charge in [-0.05, 0) is 147 Å². The maximum Gasteiger partial charge on any atom is 0.164 e. The van der Waals surface area contributed by atoms with E-state index < -0.39 is 0 Å². The normalized spacial score (nSPS) is 25.1. The molecule has 7 atom stereocenters. The third kappa shape index (κ3) is 5.98. The fourth-order valence-electron chi connectivity index (χ4n) is 17.1. The van der Waals surface area contributed by atoms with Gasteiger partial charge in [-0.1, -0.05) is 224 Å². The number of hydrogen-bond acceptors (Lipinski definition) is 3. The highest BCUT2D eigenvalue weighted by atomic mass is 15.0. The lowest BCUT2D eigenvalue weighted by Crippen LogP contribution is -2.64. The molecule has 74 heavy (non-hydrogen) atoms. The van der Waals surface area contributed by atoms with E-state index in [1.165, 1.54) is 75.8 Å². The minimum Gasteiger partial charge on any atom is -0.208 e. The molecule has 0 radical (unpaired) electrons. The van der Waals surface area contributed by atoms with E-state index in [2.05, 4.69) is 188 Å². The number of benzene rings is 9. The van der Waals surface area contributed by atoms with Gasteiger partial charge in [-0.2, -0.15) is 0 Å². The average Bonchev–Trinajstić information content (AvgIpc) is 3.89. The highest BCUT2D eigenvalue weighted by Crippen LogP contribution is 2.78. The van der Waals surface area contributed by atoms with Gasteiger partial charge in [0.05, 0.1) is 0 Å². The lowest BCUT2D eigenvalue weighted by Gasteiger charge is -2.67. The summed E-state index contributed by atoms with van der Waals surface area (Å²) in [4.78, 5) is 15.3. The molecule has 6 aliphatic carbocycles. The molecule has 1 heterocycles. The summed E-state index contributed by atoms with van der Waals surface area (Å²) in [6.07, 6.45) is 8.19. The number of fused-ring (bicyclic) bond motifs is 15. The van der Waals surface area contributed by atoms with Gasteiger partial charge < -0.3 is 0 Å². The first-order valence-electron chi connectivity index (χ1n) is 27.2. The molecule has 9 aromatic carbocycles. The summed E-state index contributed by atoms with van der Waals surface area (Å²) < 4.78 is 0. The maximum absolute atomic E-state index is 5.14. The second-order valence-corrected chi connectivity index (χ2v) is 22.7. The number of aromatic nitrogens is 3. The Labute approximate surface area is 434 Å². The van der Waals surface area contributed by atoms with Crippen LogP contribution in [0.4, 0.5) is 0 Å². The van der Waals surface area contributed by atoms with Crippen molar-refractivity contribution in [3.05, 3.63) is 258 Å². The summed E-state index contributed by atoms with van der Waals surface area (Å²) in [5.41, 5.74) is 23.3. The topological polar surface area (TPSA) is 38.7 Å². The van der Waals surface area contributed by atoms with E-state index in [0.717, 1.165) is 36.0 Å². The van der Waals surface area contributed by atoms with Gasteiger partial charge in [0, 0.05) is 32.9 Å². The van der Waals surface area contributed by atoms with Crippen molar-refractivity contribution in [2.24, 2.45) is 5.92 Å². The van der Waals surface area contributed by atoms with Crippen molar-refractivity contribution < 1.29 is 0 Å². The molecule has 16 rings (SSSR count). The third-order valence-corrected chi connectivity index (χ3v) is 19.4. The van der Waals surface area contributed by atoms with E-state index in [4.69, 9.17) is 15.0 Å². The molecular weight excluding hydrogens is 895 g/mol. The first kappa shape index (κ1) is 42.5. The lowest BCUT2D eigenvalue weighted by atomic mass is 9.36. The fourth-order valence-corrected chi connectivity index (χ4v) is 17.1. The molecule has 3 saturated carbocycles. The largest absolute Gasteiger partial charge is 0.208 e. The van der Waals surface area contributed by atoms with Crippen molar-refractivity contribution in [2.45, 2.75) is 78.9 Å². The zero-order chi connectivity index (χ0) is 48.6. The van der Waals surface area contributed by atoms with Gasteiger partial charge in [0.2, 0.25) is 0 Å². The Morgan fingerprint density at radius 1 is 0.284 bits per heavy atom. The van der Waals surface area contributed by atoms with Crippen LogP contribution in [0.3, 0.4) is 0 Å². The second-order valence-electron chi connectivity index (χ2n) is 22.7. The van der Waals surface area contributed by atoms with E-state index in [9.17, 15) is 0 Å². The van der Waals surface area contributed by atoms with Crippen molar-refractivity contribution in [1.82, 2.24) is 15.0 Å². The molecule has 3 spiro atoms. The van der Waals surface area contributed by atoms with Gasteiger partial charge in [0.25, 0.3) is 0 Å². The quantitative estimate of drug-likeness (QED) is 0.176. The molecule has 7 unspecified atom stereocenters. The van der Waals surface area contributed by atoms with E-state index >= 15 is 0 Å². The highest BCUT2D eigenvalue weighted by molar-refractivity contribution is 5.90. The molecule has 0 saturated heterocycles. The predicted octanol–water partition coefficient (Wildman–Crippen LogP) is 17.3. The first-order chi connectivity index (χ1) is 36.6. The van der Waals surface area contributed by atoms with Gasteiger partial charge >= 0.3 is 0 Å². The summed E-state index contributed by atoms with van der Waals surface area (Å²) in [7, 11) is 0. The molecule has 10 aromatic rings. The minimum atomic E-state index is -0.147. The highest BCUT2D eigenvalue weighted by Gasteiger charge is 2.71. The average molecular weight is 950 g/mol. The summed E-state index contributed by atoms with van der Waals surface area (Å²) in [6, 6.07) is 85.6. The maximum atomic E-state index is 5.14. The molecule has 6 bridgehead atoms. The summed E-state index contributed by atoms with van der Waals surface area (Å²) in [5.74, 6) is 3.63. The van der Waals surface area contributed by atoms with Crippen LogP contribution in [0.15, 0.2) is 224 Å². The molecule has 354 valence electrons. The minimum absolute atomic E-state index is 0.0646. The Morgan fingerprint density at radius 2 is 0.662 bits per heavy atom. The van der Waals surface area contributed by atoms with E-state index in [1.54, 1.807) is 27.8 Å². The zero-order valence-electron chi connectivity index (χ0n) is 41.5. The van der Waals surface area contributed by atoms with Crippen LogP contribution in [0.2, 0.25) is 0 Å². The zero-order valence-corrected chi connectivity index (χ0v) is 41.5. The Balaban J connectivity index is 0.950. The standard InChI is InChI=1S/C71H55N3/c1-3-18-46(19-4-1)65-72-66(47-20-5-2-6-21-47)74-67(73-65)48-36-34-45(35-37-48)55-30-17-33-63-64(55)60-29-12-9-24-54(60)51-42-70-40-49(52-22-7-10-25-56(52)59-28-14-16-32-62(59)70)38-39-69-41-50(43-71(63,44-51)68(69)70)53-23-8-11-26-57(53)58-27-13-15-31-61(58)69/h1-37,49-51,68H,38-44H2. The summed E-state index contributed by atoms with van der Waals surface area (Å²) in [6.45, 7) is 0. The Morgan fingerprint density at radius 3 is 1.24 bits per heavy atom. The van der Waals surface area contributed by atoms with E-state index in [1.807, 2.05) is 36.4 Å². The molecule has 6 aliphatic rings. The lowest BCUT2D eigenvalue weighted by molar-refractivity contribution is -0.0410. The SMILES string of the molecule is c1ccc(-c2nc(-c3ccccc3)nc(-c3ccc(-c4cccc5c4-c4ccccc4C4CC67CC(CCC89CC(CC5(C4)C86)c4ccccc4-c4ccccc49)c4ccccc4-c4ccccc47)cc3)n2)cc1. The molecule has 0 N–H and O–H groups in total. The Kier molecular flexibility index (Phi) is 9.18. The van der Waals surface area contributed by atoms with Crippen LogP contribution < -0.4 is 0 Å².